The topological polar surface area (TPSA) is 28.4 Å². The van der Waals surface area contributed by atoms with Crippen molar-refractivity contribution in [3.8, 4) is 0 Å². The van der Waals surface area contributed by atoms with Gasteiger partial charge in [-0.2, -0.15) is 0 Å². The minimum absolute atomic E-state index is 0.701. The first kappa shape index (κ1) is 13.6. The van der Waals surface area contributed by atoms with Crippen LogP contribution in [0.15, 0.2) is 16.7 Å². The SMILES string of the molecule is CNC1CCCCC1CN(C)Cc1ccoc1C. The maximum atomic E-state index is 5.36. The van der Waals surface area contributed by atoms with Crippen LogP contribution >= 0.6 is 0 Å². The van der Waals surface area contributed by atoms with E-state index >= 15 is 0 Å². The lowest BCUT2D eigenvalue weighted by Crippen LogP contribution is -2.41. The van der Waals surface area contributed by atoms with Gasteiger partial charge in [-0.05, 0) is 45.8 Å². The molecule has 1 saturated carbocycles. The van der Waals surface area contributed by atoms with Gasteiger partial charge in [-0.1, -0.05) is 12.8 Å². The standard InChI is InChI=1S/C15H26N2O/c1-12-13(8-9-18-12)10-17(3)11-14-6-4-5-7-15(14)16-2/h8-9,14-16H,4-7,10-11H2,1-3H3. The molecule has 0 aromatic carbocycles. The molecular weight excluding hydrogens is 224 g/mol. The monoisotopic (exact) mass is 250 g/mol. The van der Waals surface area contributed by atoms with Gasteiger partial charge >= 0.3 is 0 Å². The number of hydrogen-bond donors (Lipinski definition) is 1. The number of hydrogen-bond acceptors (Lipinski definition) is 3. The number of furan rings is 1. The van der Waals surface area contributed by atoms with E-state index < -0.39 is 0 Å². The Morgan fingerprint density at radius 1 is 1.39 bits per heavy atom. The van der Waals surface area contributed by atoms with Crippen molar-refractivity contribution in [2.45, 2.75) is 45.2 Å². The highest BCUT2D eigenvalue weighted by Gasteiger charge is 2.24. The van der Waals surface area contributed by atoms with Crippen LogP contribution in [0.2, 0.25) is 0 Å². The Bertz CT molecular complexity index is 361. The van der Waals surface area contributed by atoms with Crippen LogP contribution in [0.25, 0.3) is 0 Å². The summed E-state index contributed by atoms with van der Waals surface area (Å²) in [7, 11) is 4.32. The van der Waals surface area contributed by atoms with Crippen LogP contribution < -0.4 is 5.32 Å². The van der Waals surface area contributed by atoms with Gasteiger partial charge < -0.3 is 14.6 Å². The van der Waals surface area contributed by atoms with Crippen molar-refractivity contribution >= 4 is 0 Å². The summed E-state index contributed by atoms with van der Waals surface area (Å²) >= 11 is 0. The number of rotatable bonds is 5. The fraction of sp³-hybridized carbons (Fsp3) is 0.733. The van der Waals surface area contributed by atoms with Crippen LogP contribution in [-0.4, -0.2) is 31.6 Å². The van der Waals surface area contributed by atoms with E-state index in [1.807, 2.05) is 6.92 Å². The molecule has 2 atom stereocenters. The summed E-state index contributed by atoms with van der Waals surface area (Å²) in [4.78, 5) is 2.43. The molecule has 1 heterocycles. The Labute approximate surface area is 111 Å². The van der Waals surface area contributed by atoms with Crippen LogP contribution in [0.3, 0.4) is 0 Å². The van der Waals surface area contributed by atoms with Crippen molar-refractivity contribution in [2.24, 2.45) is 5.92 Å². The van der Waals surface area contributed by atoms with E-state index in [-0.39, 0.29) is 0 Å². The zero-order valence-corrected chi connectivity index (χ0v) is 11.9. The Morgan fingerprint density at radius 2 is 2.17 bits per heavy atom. The maximum absolute atomic E-state index is 5.36. The Kier molecular flexibility index (Phi) is 4.84. The van der Waals surface area contributed by atoms with Crippen LogP contribution in [0.1, 0.15) is 37.0 Å². The first-order valence-corrected chi connectivity index (χ1v) is 7.09. The summed E-state index contributed by atoms with van der Waals surface area (Å²) in [6.45, 7) is 4.21. The molecule has 1 N–H and O–H groups in total. The molecule has 0 spiro atoms. The molecule has 102 valence electrons. The molecule has 0 aliphatic heterocycles. The van der Waals surface area contributed by atoms with Gasteiger partial charge in [0.05, 0.1) is 6.26 Å². The lowest BCUT2D eigenvalue weighted by molar-refractivity contribution is 0.190. The van der Waals surface area contributed by atoms with Crippen LogP contribution in [0, 0.1) is 12.8 Å². The highest BCUT2D eigenvalue weighted by atomic mass is 16.3. The van der Waals surface area contributed by atoms with Crippen LogP contribution in [0.5, 0.6) is 0 Å². The van der Waals surface area contributed by atoms with Gasteiger partial charge in [-0.3, -0.25) is 0 Å². The second-order valence-corrected chi connectivity index (χ2v) is 5.64. The molecule has 1 aromatic heterocycles. The molecule has 1 aliphatic rings. The third-order valence-corrected chi connectivity index (χ3v) is 4.23. The fourth-order valence-electron chi connectivity index (χ4n) is 3.14. The molecule has 18 heavy (non-hydrogen) atoms. The number of aryl methyl sites for hydroxylation is 1. The van der Waals surface area contributed by atoms with E-state index in [9.17, 15) is 0 Å². The molecule has 0 amide bonds. The Hall–Kier alpha value is -0.800. The molecule has 0 bridgehead atoms. The van der Waals surface area contributed by atoms with Gasteiger partial charge in [0.15, 0.2) is 0 Å². The second kappa shape index (κ2) is 6.39. The predicted octanol–water partition coefficient (Wildman–Crippen LogP) is 2.80. The zero-order chi connectivity index (χ0) is 13.0. The number of nitrogens with one attached hydrogen (secondary N) is 1. The van der Waals surface area contributed by atoms with E-state index in [1.54, 1.807) is 6.26 Å². The first-order chi connectivity index (χ1) is 8.70. The average molecular weight is 250 g/mol. The van der Waals surface area contributed by atoms with Crippen molar-refractivity contribution < 1.29 is 4.42 Å². The summed E-state index contributed by atoms with van der Waals surface area (Å²) in [5.74, 6) is 1.84. The van der Waals surface area contributed by atoms with E-state index in [0.29, 0.717) is 6.04 Å². The van der Waals surface area contributed by atoms with E-state index in [4.69, 9.17) is 4.42 Å². The average Bonchev–Trinajstić information content (AvgIpc) is 2.75. The quantitative estimate of drug-likeness (QED) is 0.871. The minimum atomic E-state index is 0.701. The smallest absolute Gasteiger partial charge is 0.105 e. The molecule has 1 fully saturated rings. The molecule has 3 heteroatoms. The highest BCUT2D eigenvalue weighted by Crippen LogP contribution is 2.25. The summed E-state index contributed by atoms with van der Waals surface area (Å²) in [6.07, 6.45) is 7.25. The third-order valence-electron chi connectivity index (χ3n) is 4.23. The summed E-state index contributed by atoms with van der Waals surface area (Å²) in [5.41, 5.74) is 1.31. The Balaban J connectivity index is 1.86. The largest absolute Gasteiger partial charge is 0.469 e. The second-order valence-electron chi connectivity index (χ2n) is 5.64. The molecule has 3 nitrogen and oxygen atoms in total. The molecular formula is C15H26N2O. The van der Waals surface area contributed by atoms with Crippen LogP contribution in [-0.2, 0) is 6.54 Å². The zero-order valence-electron chi connectivity index (χ0n) is 11.9. The minimum Gasteiger partial charge on any atom is -0.469 e. The summed E-state index contributed by atoms with van der Waals surface area (Å²) < 4.78 is 5.36. The van der Waals surface area contributed by atoms with Gasteiger partial charge in [0.1, 0.15) is 5.76 Å². The summed E-state index contributed by atoms with van der Waals surface area (Å²) in [6, 6.07) is 2.79. The van der Waals surface area contributed by atoms with Gasteiger partial charge in [0.25, 0.3) is 0 Å². The lowest BCUT2D eigenvalue weighted by atomic mass is 9.84. The third kappa shape index (κ3) is 3.36. The lowest BCUT2D eigenvalue weighted by Gasteiger charge is -2.34. The summed E-state index contributed by atoms with van der Waals surface area (Å²) in [5, 5.41) is 3.48. The molecule has 1 aromatic rings. The van der Waals surface area contributed by atoms with E-state index in [0.717, 1.165) is 18.2 Å². The molecule has 2 unspecified atom stereocenters. The van der Waals surface area contributed by atoms with E-state index in [2.05, 4.69) is 30.4 Å². The van der Waals surface area contributed by atoms with Gasteiger partial charge in [-0.25, -0.2) is 0 Å². The predicted molar refractivity (Wildman–Crippen MR) is 74.6 cm³/mol. The van der Waals surface area contributed by atoms with Crippen molar-refractivity contribution in [3.05, 3.63) is 23.7 Å². The normalized spacial score (nSPS) is 24.7. The molecule has 0 radical (unpaired) electrons. The van der Waals surface area contributed by atoms with Crippen molar-refractivity contribution in [1.29, 1.82) is 0 Å². The first-order valence-electron chi connectivity index (χ1n) is 7.09. The van der Waals surface area contributed by atoms with Crippen molar-refractivity contribution in [2.75, 3.05) is 20.6 Å². The molecule has 0 saturated heterocycles. The van der Waals surface area contributed by atoms with Crippen molar-refractivity contribution in [3.63, 3.8) is 0 Å². The van der Waals surface area contributed by atoms with Gasteiger partial charge in [-0.15, -0.1) is 0 Å². The van der Waals surface area contributed by atoms with Crippen molar-refractivity contribution in [1.82, 2.24) is 10.2 Å². The van der Waals surface area contributed by atoms with Crippen LogP contribution in [0.4, 0.5) is 0 Å². The van der Waals surface area contributed by atoms with E-state index in [1.165, 1.54) is 37.8 Å². The number of nitrogens with zero attached hydrogens (tertiary/aromatic N) is 1. The fourth-order valence-corrected chi connectivity index (χ4v) is 3.14. The van der Waals surface area contributed by atoms with Gasteiger partial charge in [0.2, 0.25) is 0 Å². The Morgan fingerprint density at radius 3 is 2.83 bits per heavy atom. The molecule has 1 aliphatic carbocycles. The molecule has 2 rings (SSSR count). The van der Waals surface area contributed by atoms with Gasteiger partial charge in [0, 0.05) is 24.7 Å². The highest BCUT2D eigenvalue weighted by molar-refractivity contribution is 5.15. The maximum Gasteiger partial charge on any atom is 0.105 e.